The standard InChI is InChI=1S/C46H70O6/c1-29(2)38-33(48)27-46(24-19-31(47)16-15-30-13-11-10-12-14-30)26-25-44(8)32(39(38)46)17-18-35-43(7)22-21-36(52-37(49)28-41(3,4)40(50)51)42(5,6)34(43)20-23-45(35,44)9/h19,24,29-30,32,34-36H,10-18,20-23,25-28H2,1-9H3,(H,50,51)/b24-19+/t32-,34+,35-,36+,43+,44-,45-,46+/m1/s1. The Labute approximate surface area is 314 Å². The van der Waals surface area contributed by atoms with Gasteiger partial charge in [-0.1, -0.05) is 86.6 Å². The summed E-state index contributed by atoms with van der Waals surface area (Å²) in [6, 6.07) is 0. The first kappa shape index (κ1) is 39.5. The highest BCUT2D eigenvalue weighted by Crippen LogP contribution is 2.77. The number of hydrogen-bond acceptors (Lipinski definition) is 5. The topological polar surface area (TPSA) is 97.7 Å². The van der Waals surface area contributed by atoms with Crippen molar-refractivity contribution >= 4 is 23.5 Å². The maximum atomic E-state index is 14.0. The molecule has 6 aliphatic rings. The molecule has 0 bridgehead atoms. The molecule has 6 aliphatic carbocycles. The number of fused-ring (bicyclic) bond motifs is 7. The summed E-state index contributed by atoms with van der Waals surface area (Å²) >= 11 is 0. The average Bonchev–Trinajstić information content (AvgIpc) is 3.37. The van der Waals surface area contributed by atoms with E-state index in [0.29, 0.717) is 42.3 Å². The molecule has 0 saturated heterocycles. The minimum Gasteiger partial charge on any atom is -0.481 e. The van der Waals surface area contributed by atoms with Crippen LogP contribution in [0.15, 0.2) is 23.3 Å². The minimum atomic E-state index is -1.16. The van der Waals surface area contributed by atoms with Gasteiger partial charge in [0.1, 0.15) is 6.10 Å². The van der Waals surface area contributed by atoms with Crippen molar-refractivity contribution in [2.45, 2.75) is 178 Å². The number of esters is 1. The zero-order valence-corrected chi connectivity index (χ0v) is 34.1. The fourth-order valence-corrected chi connectivity index (χ4v) is 13.8. The van der Waals surface area contributed by atoms with E-state index >= 15 is 0 Å². The van der Waals surface area contributed by atoms with E-state index in [1.54, 1.807) is 13.8 Å². The summed E-state index contributed by atoms with van der Waals surface area (Å²) in [6.45, 7) is 19.8. The van der Waals surface area contributed by atoms with Crippen LogP contribution in [-0.4, -0.2) is 34.7 Å². The molecule has 5 saturated carbocycles. The first-order chi connectivity index (χ1) is 24.2. The van der Waals surface area contributed by atoms with Crippen molar-refractivity contribution in [3.8, 4) is 0 Å². The quantitative estimate of drug-likeness (QED) is 0.178. The molecule has 0 spiro atoms. The third-order valence-electron chi connectivity index (χ3n) is 17.0. The summed E-state index contributed by atoms with van der Waals surface area (Å²) in [5, 5.41) is 9.61. The number of carbonyl (C=O) groups is 4. The molecular formula is C46H70O6. The molecule has 1 N–H and O–H groups in total. The van der Waals surface area contributed by atoms with E-state index in [1.165, 1.54) is 37.7 Å². The van der Waals surface area contributed by atoms with Gasteiger partial charge in [-0.15, -0.1) is 0 Å². The van der Waals surface area contributed by atoms with Gasteiger partial charge in [0.25, 0.3) is 0 Å². The molecule has 6 nitrogen and oxygen atoms in total. The number of ether oxygens (including phenoxy) is 1. The van der Waals surface area contributed by atoms with Crippen molar-refractivity contribution in [3.63, 3.8) is 0 Å². The lowest BCUT2D eigenvalue weighted by molar-refractivity contribution is -0.232. The number of carbonyl (C=O) groups excluding carboxylic acids is 3. The average molecular weight is 719 g/mol. The van der Waals surface area contributed by atoms with E-state index in [0.717, 1.165) is 63.4 Å². The maximum Gasteiger partial charge on any atom is 0.309 e. The van der Waals surface area contributed by atoms with Crippen LogP contribution in [0.2, 0.25) is 0 Å². The van der Waals surface area contributed by atoms with Crippen molar-refractivity contribution < 1.29 is 29.0 Å². The van der Waals surface area contributed by atoms with Crippen LogP contribution in [0, 0.1) is 62.1 Å². The largest absolute Gasteiger partial charge is 0.481 e. The van der Waals surface area contributed by atoms with Gasteiger partial charge in [-0.25, -0.2) is 0 Å². The highest BCUT2D eigenvalue weighted by atomic mass is 16.5. The summed E-state index contributed by atoms with van der Waals surface area (Å²) in [5.41, 5.74) is 0.976. The maximum absolute atomic E-state index is 14.0. The second-order valence-electron chi connectivity index (χ2n) is 20.9. The van der Waals surface area contributed by atoms with E-state index in [-0.39, 0.29) is 51.3 Å². The summed E-state index contributed by atoms with van der Waals surface area (Å²) in [4.78, 5) is 52.2. The second kappa shape index (κ2) is 13.8. The molecule has 5 fully saturated rings. The highest BCUT2D eigenvalue weighted by molar-refractivity contribution is 6.01. The molecule has 6 heteroatoms. The van der Waals surface area contributed by atoms with Gasteiger partial charge in [0.05, 0.1) is 11.8 Å². The molecule has 0 aliphatic heterocycles. The van der Waals surface area contributed by atoms with Gasteiger partial charge < -0.3 is 9.84 Å². The normalized spacial score (nSPS) is 39.2. The third kappa shape index (κ3) is 6.40. The molecule has 0 aromatic heterocycles. The number of aliphatic carboxylic acids is 1. The molecule has 6 rings (SSSR count). The molecular weight excluding hydrogens is 649 g/mol. The Balaban J connectivity index is 1.25. The minimum absolute atomic E-state index is 0.0438. The molecule has 0 radical (unpaired) electrons. The SMILES string of the molecule is CC(C)C1=C2[C@H]3CC[C@@H]4[C@@]5(C)CC[C@H](OC(=O)CC(C)(C)C(=O)O)C(C)(C)[C@@H]5CC[C@@]4(C)[C@]3(C)CC[C@@]2(/C=C/C(=O)CCC2CCCCC2)CC1=O. The summed E-state index contributed by atoms with van der Waals surface area (Å²) in [6.07, 6.45) is 20.5. The number of carboxylic acids is 1. The predicted molar refractivity (Wildman–Crippen MR) is 205 cm³/mol. The van der Waals surface area contributed by atoms with E-state index in [1.807, 2.05) is 6.08 Å². The number of rotatable bonds is 10. The van der Waals surface area contributed by atoms with Crippen LogP contribution < -0.4 is 0 Å². The fourth-order valence-electron chi connectivity index (χ4n) is 13.8. The van der Waals surface area contributed by atoms with Crippen molar-refractivity contribution in [3.05, 3.63) is 23.3 Å². The van der Waals surface area contributed by atoms with E-state index in [9.17, 15) is 24.3 Å². The van der Waals surface area contributed by atoms with Gasteiger partial charge in [0, 0.05) is 23.7 Å². The van der Waals surface area contributed by atoms with Gasteiger partial charge in [-0.2, -0.15) is 0 Å². The van der Waals surface area contributed by atoms with Crippen LogP contribution in [0.5, 0.6) is 0 Å². The Morgan fingerprint density at radius 3 is 2.21 bits per heavy atom. The van der Waals surface area contributed by atoms with E-state index in [2.05, 4.69) is 54.5 Å². The lowest BCUT2D eigenvalue weighted by atomic mass is 9.33. The molecule has 0 heterocycles. The lowest BCUT2D eigenvalue weighted by Crippen LogP contribution is -2.65. The molecule has 0 aromatic carbocycles. The first-order valence-corrected chi connectivity index (χ1v) is 21.1. The Bertz CT molecular complexity index is 1510. The lowest BCUT2D eigenvalue weighted by Gasteiger charge is -2.72. The zero-order valence-electron chi connectivity index (χ0n) is 34.1. The van der Waals surface area contributed by atoms with E-state index < -0.39 is 17.4 Å². The molecule has 0 aromatic rings. The number of hydrogen-bond donors (Lipinski definition) is 1. The number of allylic oxidation sites excluding steroid dienone is 4. The van der Waals surface area contributed by atoms with Crippen molar-refractivity contribution in [1.29, 1.82) is 0 Å². The Hall–Kier alpha value is -2.24. The van der Waals surface area contributed by atoms with Crippen LogP contribution in [0.3, 0.4) is 0 Å². The van der Waals surface area contributed by atoms with Gasteiger partial charge in [0.15, 0.2) is 11.6 Å². The van der Waals surface area contributed by atoms with Crippen molar-refractivity contribution in [2.24, 2.45) is 62.1 Å². The van der Waals surface area contributed by atoms with Gasteiger partial charge in [0.2, 0.25) is 0 Å². The van der Waals surface area contributed by atoms with Crippen LogP contribution in [0.1, 0.15) is 171 Å². The second-order valence-corrected chi connectivity index (χ2v) is 20.9. The summed E-state index contributed by atoms with van der Waals surface area (Å²) in [5.74, 6) is 1.24. The first-order valence-electron chi connectivity index (χ1n) is 21.1. The van der Waals surface area contributed by atoms with Crippen LogP contribution in [0.25, 0.3) is 0 Å². The smallest absolute Gasteiger partial charge is 0.309 e. The molecule has 52 heavy (non-hydrogen) atoms. The molecule has 8 atom stereocenters. The fraction of sp³-hybridized carbons (Fsp3) is 0.826. The third-order valence-corrected chi connectivity index (χ3v) is 17.0. The Morgan fingerprint density at radius 1 is 0.865 bits per heavy atom. The zero-order chi connectivity index (χ0) is 38.1. The van der Waals surface area contributed by atoms with Crippen LogP contribution in [0.4, 0.5) is 0 Å². The Kier molecular flexibility index (Phi) is 10.5. The molecule has 0 unspecified atom stereocenters. The van der Waals surface area contributed by atoms with E-state index in [4.69, 9.17) is 4.74 Å². The predicted octanol–water partition coefficient (Wildman–Crippen LogP) is 10.9. The van der Waals surface area contributed by atoms with Crippen molar-refractivity contribution in [2.75, 3.05) is 0 Å². The monoisotopic (exact) mass is 719 g/mol. The van der Waals surface area contributed by atoms with Gasteiger partial charge in [-0.3, -0.25) is 19.2 Å². The highest BCUT2D eigenvalue weighted by Gasteiger charge is 2.70. The Morgan fingerprint density at radius 2 is 1.56 bits per heavy atom. The van der Waals surface area contributed by atoms with Crippen LogP contribution >= 0.6 is 0 Å². The van der Waals surface area contributed by atoms with Gasteiger partial charge >= 0.3 is 11.9 Å². The molecule has 290 valence electrons. The summed E-state index contributed by atoms with van der Waals surface area (Å²) < 4.78 is 6.17. The number of carboxylic acid groups (broad SMARTS) is 1. The summed E-state index contributed by atoms with van der Waals surface area (Å²) in [7, 11) is 0. The number of ketones is 2. The van der Waals surface area contributed by atoms with Crippen LogP contribution in [-0.2, 0) is 23.9 Å². The van der Waals surface area contributed by atoms with Gasteiger partial charge in [-0.05, 0) is 135 Å². The van der Waals surface area contributed by atoms with Crippen molar-refractivity contribution in [1.82, 2.24) is 0 Å². The molecule has 0 amide bonds. The number of Topliss-reactive ketones (excluding diaryl/α,β-unsaturated/α-hetero) is 1.